The Hall–Kier alpha value is -5.06. The highest BCUT2D eigenvalue weighted by Crippen LogP contribution is 2.45. The molecule has 0 saturated heterocycles. The van der Waals surface area contributed by atoms with Gasteiger partial charge in [0.25, 0.3) is 5.91 Å². The fraction of sp³-hybridized carbons (Fsp3) is 0.259. The third kappa shape index (κ3) is 5.98. The van der Waals surface area contributed by atoms with E-state index < -0.39 is 17.6 Å². The van der Waals surface area contributed by atoms with Crippen LogP contribution in [0, 0.1) is 0 Å². The molecule has 0 aliphatic carbocycles. The van der Waals surface area contributed by atoms with E-state index in [-0.39, 0.29) is 31.2 Å². The predicted octanol–water partition coefficient (Wildman–Crippen LogP) is 5.20. The van der Waals surface area contributed by atoms with Crippen molar-refractivity contribution >= 4 is 17.5 Å². The molecule has 2 atom stereocenters. The predicted molar refractivity (Wildman–Crippen MR) is 145 cm³/mol. The number of hydrogen-bond acceptors (Lipinski definition) is 8. The summed E-state index contributed by atoms with van der Waals surface area (Å²) in [6.07, 6.45) is -0.661. The van der Waals surface area contributed by atoms with E-state index in [1.807, 2.05) is 0 Å². The van der Waals surface area contributed by atoms with Gasteiger partial charge in [0, 0.05) is 46.1 Å². The Labute approximate surface area is 228 Å². The van der Waals surface area contributed by atoms with Crippen LogP contribution in [0.1, 0.15) is 34.8 Å². The van der Waals surface area contributed by atoms with E-state index in [1.165, 1.54) is 0 Å². The molecule has 13 nitrogen and oxygen atoms in total. The number of ether oxygens (including phenoxy) is 2. The minimum atomic E-state index is -1.74. The van der Waals surface area contributed by atoms with Crippen LogP contribution >= 0.6 is 0 Å². The summed E-state index contributed by atoms with van der Waals surface area (Å²) in [5.74, 6) is -0.142. The van der Waals surface area contributed by atoms with Gasteiger partial charge in [-0.15, -0.1) is 0 Å². The highest BCUT2D eigenvalue weighted by Gasteiger charge is 2.54. The van der Waals surface area contributed by atoms with Crippen LogP contribution in [0.25, 0.3) is 20.9 Å². The van der Waals surface area contributed by atoms with Gasteiger partial charge in [0.05, 0.1) is 13.2 Å². The molecule has 40 heavy (non-hydrogen) atoms. The van der Waals surface area contributed by atoms with Crippen molar-refractivity contribution in [2.24, 2.45) is 15.2 Å². The molecular weight excluding hydrogens is 516 g/mol. The lowest BCUT2D eigenvalue weighted by Crippen LogP contribution is -2.49. The second-order valence-corrected chi connectivity index (χ2v) is 8.81. The summed E-state index contributed by atoms with van der Waals surface area (Å²) in [5, 5.41) is 26.3. The molecule has 3 aromatic rings. The molecular formula is C27H26N8O5. The Bertz CT molecular complexity index is 1480. The lowest BCUT2D eigenvalue weighted by atomic mass is 9.80. The molecule has 3 N–H and O–H groups in total. The van der Waals surface area contributed by atoms with Gasteiger partial charge in [-0.1, -0.05) is 58.8 Å². The van der Waals surface area contributed by atoms with Crippen molar-refractivity contribution in [3.05, 3.63) is 116 Å². The number of nitrogens with one attached hydrogen (secondary N) is 1. The first-order valence-corrected chi connectivity index (χ1v) is 12.3. The third-order valence-corrected chi connectivity index (χ3v) is 6.39. The van der Waals surface area contributed by atoms with Gasteiger partial charge in [0.2, 0.25) is 5.90 Å². The molecule has 0 radical (unpaired) electrons. The molecule has 13 heteroatoms. The number of nitrogens with zero attached hydrogens (tertiary/aromatic N) is 7. The normalized spacial score (nSPS) is 17.6. The highest BCUT2D eigenvalue weighted by atomic mass is 16.5. The fourth-order valence-corrected chi connectivity index (χ4v) is 4.49. The number of hydroxylamine groups is 1. The van der Waals surface area contributed by atoms with Crippen molar-refractivity contribution in [3.8, 4) is 5.75 Å². The zero-order valence-corrected chi connectivity index (χ0v) is 21.3. The minimum absolute atomic E-state index is 0.0163. The first kappa shape index (κ1) is 28.0. The summed E-state index contributed by atoms with van der Waals surface area (Å²) < 4.78 is 11.9. The Balaban J connectivity index is 1.84. The van der Waals surface area contributed by atoms with Crippen LogP contribution in [-0.4, -0.2) is 40.9 Å². The second kappa shape index (κ2) is 13.1. The van der Waals surface area contributed by atoms with Crippen molar-refractivity contribution < 1.29 is 24.6 Å². The van der Waals surface area contributed by atoms with Gasteiger partial charge in [-0.25, -0.2) is 10.5 Å². The van der Waals surface area contributed by atoms with Gasteiger partial charge in [-0.05, 0) is 46.5 Å². The molecule has 0 spiro atoms. The Morgan fingerprint density at radius 1 is 1.05 bits per heavy atom. The first-order chi connectivity index (χ1) is 19.6. The van der Waals surface area contributed by atoms with E-state index in [0.29, 0.717) is 41.0 Å². The third-order valence-electron chi connectivity index (χ3n) is 6.39. The molecule has 1 amide bonds. The number of aliphatic imine (C=N–C) groups is 1. The maximum atomic E-state index is 13.5. The quantitative estimate of drug-likeness (QED) is 0.0704. The summed E-state index contributed by atoms with van der Waals surface area (Å²) in [6, 6.07) is 20.6. The summed E-state index contributed by atoms with van der Waals surface area (Å²) >= 11 is 0. The SMILES string of the molecule is [N-]=[N+]=NCc1ccccc1C[C@]1(C(=O)NO)N=C(c2ccc(OCCCO)cc2)O[C@H]1c1ccccc1N=[N+]=[N-]. The number of benzene rings is 3. The van der Waals surface area contributed by atoms with Crippen molar-refractivity contribution in [2.75, 3.05) is 13.2 Å². The Morgan fingerprint density at radius 3 is 2.48 bits per heavy atom. The zero-order chi connectivity index (χ0) is 28.4. The van der Waals surface area contributed by atoms with Gasteiger partial charge in [-0.2, -0.15) is 0 Å². The number of hydrogen-bond donors (Lipinski definition) is 3. The van der Waals surface area contributed by atoms with Crippen molar-refractivity contribution in [2.45, 2.75) is 31.0 Å². The lowest BCUT2D eigenvalue weighted by Gasteiger charge is -2.31. The van der Waals surface area contributed by atoms with Gasteiger partial charge in [0.1, 0.15) is 5.75 Å². The molecule has 0 unspecified atom stereocenters. The molecule has 0 bridgehead atoms. The van der Waals surface area contributed by atoms with Gasteiger partial charge in [-0.3, -0.25) is 10.0 Å². The van der Waals surface area contributed by atoms with Crippen LogP contribution in [0.4, 0.5) is 5.69 Å². The van der Waals surface area contributed by atoms with Crippen LogP contribution in [-0.2, 0) is 22.5 Å². The fourth-order valence-electron chi connectivity index (χ4n) is 4.49. The maximum absolute atomic E-state index is 13.5. The molecule has 3 aromatic carbocycles. The van der Waals surface area contributed by atoms with Crippen molar-refractivity contribution in [3.63, 3.8) is 0 Å². The number of azide groups is 2. The summed E-state index contributed by atoms with van der Waals surface area (Å²) in [4.78, 5) is 24.0. The average molecular weight is 543 g/mol. The molecule has 0 aromatic heterocycles. The number of aliphatic hydroxyl groups is 1. The largest absolute Gasteiger partial charge is 0.494 e. The first-order valence-electron chi connectivity index (χ1n) is 12.3. The van der Waals surface area contributed by atoms with Crippen LogP contribution in [0.15, 0.2) is 88.0 Å². The Morgan fingerprint density at radius 2 is 1.77 bits per heavy atom. The summed E-state index contributed by atoms with van der Waals surface area (Å²) in [7, 11) is 0. The number of carbonyl (C=O) groups is 1. The topological polar surface area (TPSA) is 198 Å². The molecule has 1 aliphatic rings. The molecule has 1 heterocycles. The van der Waals surface area contributed by atoms with Gasteiger partial charge in [0.15, 0.2) is 11.6 Å². The molecule has 4 rings (SSSR count). The highest BCUT2D eigenvalue weighted by molar-refractivity contribution is 6.01. The van der Waals surface area contributed by atoms with Crippen LogP contribution < -0.4 is 10.2 Å². The number of aliphatic hydroxyl groups excluding tert-OH is 1. The second-order valence-electron chi connectivity index (χ2n) is 8.81. The zero-order valence-electron chi connectivity index (χ0n) is 21.3. The van der Waals surface area contributed by atoms with E-state index in [1.54, 1.807) is 78.3 Å². The van der Waals surface area contributed by atoms with Gasteiger partial charge < -0.3 is 14.6 Å². The van der Waals surface area contributed by atoms with E-state index in [9.17, 15) is 10.0 Å². The Kier molecular flexibility index (Phi) is 9.19. The standard InChI is InChI=1S/C27H26N8O5/c28-34-30-17-20-7-2-1-6-19(20)16-27(26(37)33-38)24(22-8-3-4-9-23(22)32-35-29)40-25(31-27)18-10-12-21(13-11-18)39-15-5-14-36/h1-4,6-13,24,36,38H,5,14-17H2,(H,33,37)/t24-,27-/m0/s1. The average Bonchev–Trinajstić information content (AvgIpc) is 3.37. The van der Waals surface area contributed by atoms with Gasteiger partial charge >= 0.3 is 0 Å². The molecule has 204 valence electrons. The lowest BCUT2D eigenvalue weighted by molar-refractivity contribution is -0.137. The van der Waals surface area contributed by atoms with E-state index >= 15 is 0 Å². The van der Waals surface area contributed by atoms with Crippen molar-refractivity contribution in [1.82, 2.24) is 5.48 Å². The maximum Gasteiger partial charge on any atom is 0.275 e. The smallest absolute Gasteiger partial charge is 0.275 e. The molecule has 1 aliphatic heterocycles. The van der Waals surface area contributed by atoms with E-state index in [2.05, 4.69) is 20.1 Å². The number of rotatable bonds is 12. The monoisotopic (exact) mass is 542 g/mol. The van der Waals surface area contributed by atoms with E-state index in [4.69, 9.17) is 30.6 Å². The minimum Gasteiger partial charge on any atom is -0.494 e. The molecule has 0 fully saturated rings. The summed E-state index contributed by atoms with van der Waals surface area (Å²) in [5.41, 5.74) is 20.5. The van der Waals surface area contributed by atoms with Crippen LogP contribution in [0.3, 0.4) is 0 Å². The van der Waals surface area contributed by atoms with Crippen LogP contribution in [0.5, 0.6) is 5.75 Å². The van der Waals surface area contributed by atoms with E-state index in [0.717, 1.165) is 0 Å². The summed E-state index contributed by atoms with van der Waals surface area (Å²) in [6.45, 7) is 0.404. The van der Waals surface area contributed by atoms with Crippen LogP contribution in [0.2, 0.25) is 0 Å². The molecule has 0 saturated carbocycles. The number of carbonyl (C=O) groups excluding carboxylic acids is 1. The van der Waals surface area contributed by atoms with Crippen molar-refractivity contribution in [1.29, 1.82) is 0 Å². The number of amides is 1.